The number of thioether (sulfide) groups is 1. The normalized spacial score (nSPS) is 12.6. The molecule has 4 nitrogen and oxygen atoms in total. The second kappa shape index (κ2) is 7.98. The van der Waals surface area contributed by atoms with Gasteiger partial charge in [0.25, 0.3) is 0 Å². The molecule has 21 heavy (non-hydrogen) atoms. The summed E-state index contributed by atoms with van der Waals surface area (Å²) in [7, 11) is 0. The van der Waals surface area contributed by atoms with Crippen molar-refractivity contribution in [3.8, 4) is 0 Å². The highest BCUT2D eigenvalue weighted by Gasteiger charge is 2.17. The molecule has 2 rings (SSSR count). The second-order valence-electron chi connectivity index (χ2n) is 4.85. The number of rotatable bonds is 7. The van der Waals surface area contributed by atoms with Crippen LogP contribution in [0.4, 0.5) is 0 Å². The van der Waals surface area contributed by atoms with Crippen LogP contribution in [0.3, 0.4) is 0 Å². The Morgan fingerprint density at radius 3 is 2.71 bits per heavy atom. The topological polar surface area (TPSA) is 55.9 Å². The highest BCUT2D eigenvalue weighted by Crippen LogP contribution is 2.24. The first-order valence-electron chi connectivity index (χ1n) is 7.01. The Labute approximate surface area is 138 Å². The number of nitrogens with two attached hydrogens (primary N) is 1. The highest BCUT2D eigenvalue weighted by atomic mass is 79.9. The molecule has 0 saturated carbocycles. The third-order valence-electron chi connectivity index (χ3n) is 3.32. The van der Waals surface area contributed by atoms with E-state index in [1.165, 1.54) is 10.6 Å². The van der Waals surface area contributed by atoms with Gasteiger partial charge in [-0.2, -0.15) is 5.10 Å². The first kappa shape index (κ1) is 16.5. The largest absolute Gasteiger partial charge is 0.271 e. The predicted molar refractivity (Wildman–Crippen MR) is 92.3 cm³/mol. The van der Waals surface area contributed by atoms with Gasteiger partial charge < -0.3 is 0 Å². The van der Waals surface area contributed by atoms with Crippen LogP contribution in [0.1, 0.15) is 18.3 Å². The lowest BCUT2D eigenvalue weighted by Crippen LogP contribution is -2.39. The molecule has 0 aliphatic heterocycles. The molecule has 0 amide bonds. The van der Waals surface area contributed by atoms with Gasteiger partial charge in [0.05, 0.1) is 15.9 Å². The Bertz CT molecular complexity index is 571. The zero-order valence-corrected chi connectivity index (χ0v) is 14.7. The monoisotopic (exact) mass is 368 g/mol. The lowest BCUT2D eigenvalue weighted by molar-refractivity contribution is 0.533. The summed E-state index contributed by atoms with van der Waals surface area (Å²) >= 11 is 5.45. The molecule has 1 atom stereocenters. The van der Waals surface area contributed by atoms with E-state index in [-0.39, 0.29) is 6.04 Å². The lowest BCUT2D eigenvalue weighted by Gasteiger charge is -2.16. The van der Waals surface area contributed by atoms with Crippen molar-refractivity contribution in [2.24, 2.45) is 5.84 Å². The average Bonchev–Trinajstić information content (AvgIpc) is 2.79. The van der Waals surface area contributed by atoms with Gasteiger partial charge in [0, 0.05) is 29.7 Å². The van der Waals surface area contributed by atoms with Crippen molar-refractivity contribution < 1.29 is 0 Å². The summed E-state index contributed by atoms with van der Waals surface area (Å²) in [5, 5.41) is 4.53. The first-order valence-corrected chi connectivity index (χ1v) is 8.79. The molecule has 1 heterocycles. The summed E-state index contributed by atoms with van der Waals surface area (Å²) in [6.45, 7) is 4.99. The van der Waals surface area contributed by atoms with Crippen molar-refractivity contribution in [1.82, 2.24) is 15.2 Å². The van der Waals surface area contributed by atoms with Crippen LogP contribution in [-0.2, 0) is 13.0 Å². The molecular formula is C15H21BrN4S. The summed E-state index contributed by atoms with van der Waals surface area (Å²) in [4.78, 5) is 1.26. The van der Waals surface area contributed by atoms with E-state index < -0.39 is 0 Å². The van der Waals surface area contributed by atoms with E-state index in [9.17, 15) is 0 Å². The number of aryl methyl sites for hydroxylation is 2. The minimum Gasteiger partial charge on any atom is -0.271 e. The number of hydrogen-bond donors (Lipinski definition) is 2. The maximum Gasteiger partial charge on any atom is 0.0738 e. The molecule has 0 spiro atoms. The number of benzene rings is 1. The van der Waals surface area contributed by atoms with Crippen molar-refractivity contribution in [3.05, 3.63) is 46.2 Å². The molecule has 1 unspecified atom stereocenters. The van der Waals surface area contributed by atoms with Crippen LogP contribution in [0.15, 0.2) is 39.7 Å². The van der Waals surface area contributed by atoms with Crippen molar-refractivity contribution in [2.75, 3.05) is 5.75 Å². The van der Waals surface area contributed by atoms with Gasteiger partial charge in [0.2, 0.25) is 0 Å². The number of nitrogens with one attached hydrogen (secondary N) is 1. The molecule has 2 aromatic rings. The number of hydrazine groups is 1. The molecule has 1 aromatic heterocycles. The predicted octanol–water partition coefficient (Wildman–Crippen LogP) is 3.14. The maximum atomic E-state index is 5.72. The number of aromatic nitrogens is 2. The van der Waals surface area contributed by atoms with Gasteiger partial charge in [-0.1, -0.05) is 18.2 Å². The number of halogens is 1. The van der Waals surface area contributed by atoms with Gasteiger partial charge in [-0.15, -0.1) is 11.8 Å². The highest BCUT2D eigenvalue weighted by molar-refractivity contribution is 9.10. The molecule has 0 bridgehead atoms. The van der Waals surface area contributed by atoms with Crippen molar-refractivity contribution in [3.63, 3.8) is 0 Å². The Kier molecular flexibility index (Phi) is 6.29. The van der Waals surface area contributed by atoms with Gasteiger partial charge in [-0.25, -0.2) is 0 Å². The summed E-state index contributed by atoms with van der Waals surface area (Å²) in [6, 6.07) is 10.6. The summed E-state index contributed by atoms with van der Waals surface area (Å²) in [5.74, 6) is 6.64. The molecule has 0 aliphatic rings. The van der Waals surface area contributed by atoms with Crippen molar-refractivity contribution >= 4 is 27.7 Å². The fourth-order valence-corrected chi connectivity index (χ4v) is 3.58. The third-order valence-corrected chi connectivity index (χ3v) is 5.53. The molecule has 6 heteroatoms. The quantitative estimate of drug-likeness (QED) is 0.447. The molecule has 0 saturated heterocycles. The summed E-state index contributed by atoms with van der Waals surface area (Å²) < 4.78 is 3.13. The van der Waals surface area contributed by atoms with Crippen LogP contribution in [0.25, 0.3) is 0 Å². The van der Waals surface area contributed by atoms with Gasteiger partial charge in [-0.05, 0) is 41.9 Å². The molecule has 3 N–H and O–H groups in total. The van der Waals surface area contributed by atoms with Crippen LogP contribution in [-0.4, -0.2) is 21.6 Å². The fraction of sp³-hybridized carbons (Fsp3) is 0.400. The molecule has 114 valence electrons. The summed E-state index contributed by atoms with van der Waals surface area (Å²) in [5.41, 5.74) is 5.15. The SMILES string of the molecule is CCn1nc(C)c(Br)c1CC(CSc1ccccc1)NN. The average molecular weight is 369 g/mol. The standard InChI is InChI=1S/C15H21BrN4S/c1-3-20-14(15(16)11(2)19-20)9-12(18-17)10-21-13-7-5-4-6-8-13/h4-8,12,18H,3,9-10,17H2,1-2H3. The minimum absolute atomic E-state index is 0.202. The van der Waals surface area contributed by atoms with E-state index in [0.717, 1.165) is 28.9 Å². The maximum absolute atomic E-state index is 5.72. The Morgan fingerprint density at radius 1 is 1.38 bits per heavy atom. The summed E-state index contributed by atoms with van der Waals surface area (Å²) in [6.07, 6.45) is 0.853. The molecule has 1 aromatic carbocycles. The minimum atomic E-state index is 0.202. The van der Waals surface area contributed by atoms with Crippen LogP contribution in [0.2, 0.25) is 0 Å². The van der Waals surface area contributed by atoms with Crippen LogP contribution >= 0.6 is 27.7 Å². The van der Waals surface area contributed by atoms with E-state index in [1.807, 2.05) is 29.4 Å². The van der Waals surface area contributed by atoms with Gasteiger partial charge in [-0.3, -0.25) is 16.0 Å². The van der Waals surface area contributed by atoms with Gasteiger partial charge in [0.1, 0.15) is 0 Å². The van der Waals surface area contributed by atoms with E-state index in [4.69, 9.17) is 5.84 Å². The van der Waals surface area contributed by atoms with Crippen LogP contribution in [0, 0.1) is 6.92 Å². The molecule has 0 aliphatic carbocycles. The van der Waals surface area contributed by atoms with E-state index in [0.29, 0.717) is 0 Å². The molecule has 0 radical (unpaired) electrons. The lowest BCUT2D eigenvalue weighted by atomic mass is 10.2. The van der Waals surface area contributed by atoms with Crippen molar-refractivity contribution in [1.29, 1.82) is 0 Å². The zero-order chi connectivity index (χ0) is 15.2. The van der Waals surface area contributed by atoms with Crippen LogP contribution < -0.4 is 11.3 Å². The van der Waals surface area contributed by atoms with Crippen molar-refractivity contribution in [2.45, 2.75) is 37.8 Å². The van der Waals surface area contributed by atoms with E-state index in [1.54, 1.807) is 0 Å². The first-order chi connectivity index (χ1) is 10.2. The zero-order valence-electron chi connectivity index (χ0n) is 12.3. The second-order valence-corrected chi connectivity index (χ2v) is 6.74. The molecule has 0 fully saturated rings. The fourth-order valence-electron chi connectivity index (χ4n) is 2.18. The Balaban J connectivity index is 2.02. The Morgan fingerprint density at radius 2 is 2.10 bits per heavy atom. The van der Waals surface area contributed by atoms with Gasteiger partial charge in [0.15, 0.2) is 0 Å². The van der Waals surface area contributed by atoms with Gasteiger partial charge >= 0.3 is 0 Å². The molecular weight excluding hydrogens is 348 g/mol. The number of nitrogens with zero attached hydrogens (tertiary/aromatic N) is 2. The van der Waals surface area contributed by atoms with Crippen LogP contribution in [0.5, 0.6) is 0 Å². The Hall–Kier alpha value is -0.820. The third kappa shape index (κ3) is 4.32. The smallest absolute Gasteiger partial charge is 0.0738 e. The van der Waals surface area contributed by atoms with E-state index in [2.05, 4.69) is 57.6 Å². The van der Waals surface area contributed by atoms with E-state index >= 15 is 0 Å². The number of hydrogen-bond acceptors (Lipinski definition) is 4.